The summed E-state index contributed by atoms with van der Waals surface area (Å²) in [5.41, 5.74) is -2.92. The lowest BCUT2D eigenvalue weighted by molar-refractivity contribution is -0.394. The zero-order valence-electron chi connectivity index (χ0n) is 19.1. The van der Waals surface area contributed by atoms with Crippen LogP contribution in [0.4, 0.5) is 22.7 Å². The molecule has 4 aromatic carbocycles. The maximum Gasteiger partial charge on any atom is 0.339 e. The Bertz CT molecular complexity index is 1720. The molecule has 0 spiro atoms. The number of rotatable bonds is 9. The third kappa shape index (κ3) is 5.33. The second-order valence-electron chi connectivity index (χ2n) is 7.70. The molecule has 4 aromatic rings. The summed E-state index contributed by atoms with van der Waals surface area (Å²) in [6.07, 6.45) is 0. The van der Waals surface area contributed by atoms with Crippen molar-refractivity contribution in [3.05, 3.63) is 113 Å². The van der Waals surface area contributed by atoms with Crippen molar-refractivity contribution in [2.24, 2.45) is 0 Å². The van der Waals surface area contributed by atoms with E-state index in [0.717, 1.165) is 30.3 Å². The maximum atomic E-state index is 11.9. The number of carbonyl (C=O) groups is 1. The van der Waals surface area contributed by atoms with E-state index in [0.29, 0.717) is 11.5 Å². The summed E-state index contributed by atoms with van der Waals surface area (Å²) in [4.78, 5) is 53.2. The molecule has 0 saturated carbocycles. The van der Waals surface area contributed by atoms with Gasteiger partial charge in [-0.05, 0) is 47.2 Å². The Morgan fingerprint density at radius 2 is 1.13 bits per heavy atom. The van der Waals surface area contributed by atoms with Gasteiger partial charge in [-0.15, -0.1) is 0 Å². The van der Waals surface area contributed by atoms with Gasteiger partial charge in [0.15, 0.2) is 0 Å². The average Bonchev–Trinajstić information content (AvgIpc) is 2.88. The zero-order valence-corrected chi connectivity index (χ0v) is 19.1. The van der Waals surface area contributed by atoms with Crippen LogP contribution in [0.5, 0.6) is 23.0 Å². The lowest BCUT2D eigenvalue weighted by Gasteiger charge is -2.12. The molecule has 16 heteroatoms. The van der Waals surface area contributed by atoms with Crippen LogP contribution in [-0.2, 0) is 0 Å². The molecule has 0 bridgehead atoms. The second kappa shape index (κ2) is 10.1. The van der Waals surface area contributed by atoms with Crippen LogP contribution < -0.4 is 9.47 Å². The van der Waals surface area contributed by atoms with Crippen molar-refractivity contribution < 1.29 is 39.1 Å². The fourth-order valence-corrected chi connectivity index (χ4v) is 3.51. The molecule has 0 aliphatic carbocycles. The molecule has 196 valence electrons. The van der Waals surface area contributed by atoms with Gasteiger partial charge in [0, 0.05) is 12.1 Å². The highest BCUT2D eigenvalue weighted by atomic mass is 16.6. The summed E-state index contributed by atoms with van der Waals surface area (Å²) in [5.74, 6) is -2.46. The highest BCUT2D eigenvalue weighted by Crippen LogP contribution is 2.39. The molecule has 0 fully saturated rings. The first-order valence-electron chi connectivity index (χ1n) is 10.5. The summed E-state index contributed by atoms with van der Waals surface area (Å²) in [6, 6.07) is 12.0. The number of hydrogen-bond donors (Lipinski definition) is 1. The Morgan fingerprint density at radius 3 is 1.62 bits per heavy atom. The first-order valence-corrected chi connectivity index (χ1v) is 10.5. The fraction of sp³-hybridized carbons (Fsp3) is 0. The number of non-ortho nitro benzene ring substituents is 2. The molecule has 0 radical (unpaired) electrons. The van der Waals surface area contributed by atoms with Crippen molar-refractivity contribution in [2.45, 2.75) is 0 Å². The van der Waals surface area contributed by atoms with Gasteiger partial charge in [-0.25, -0.2) is 4.79 Å². The number of nitrogens with zero attached hydrogens (tertiary/aromatic N) is 4. The quantitative estimate of drug-likeness (QED) is 0.199. The molecule has 0 aliphatic rings. The highest BCUT2D eigenvalue weighted by Gasteiger charge is 2.24. The Labute approximate surface area is 214 Å². The van der Waals surface area contributed by atoms with Gasteiger partial charge in [-0.3, -0.25) is 40.5 Å². The van der Waals surface area contributed by atoms with Crippen molar-refractivity contribution in [1.82, 2.24) is 0 Å². The molecular formula is C23H12N4O12. The Balaban J connectivity index is 1.74. The standard InChI is InChI=1S/C23H12N4O12/c28-23(29)17-8-13-7-16(38-20-5-2-14(24(30)31)10-18(20)26(34)35)4-1-12(13)9-22(17)39-21-6-3-15(25(32)33)11-19(21)27(36)37/h1-11H,(H,28,29). The first-order chi connectivity index (χ1) is 18.4. The van der Waals surface area contributed by atoms with E-state index in [4.69, 9.17) is 9.47 Å². The molecule has 39 heavy (non-hydrogen) atoms. The number of hydrogen-bond acceptors (Lipinski definition) is 11. The Hall–Kier alpha value is -6.19. The van der Waals surface area contributed by atoms with Gasteiger partial charge in [0.1, 0.15) is 17.1 Å². The molecular weight excluding hydrogens is 524 g/mol. The highest BCUT2D eigenvalue weighted by molar-refractivity contribution is 5.98. The summed E-state index contributed by atoms with van der Waals surface area (Å²) in [7, 11) is 0. The van der Waals surface area contributed by atoms with Crippen molar-refractivity contribution in [3.8, 4) is 23.0 Å². The van der Waals surface area contributed by atoms with Gasteiger partial charge in [0.25, 0.3) is 11.4 Å². The predicted octanol–water partition coefficient (Wildman–Crippen LogP) is 5.76. The van der Waals surface area contributed by atoms with Gasteiger partial charge >= 0.3 is 17.3 Å². The van der Waals surface area contributed by atoms with Crippen LogP contribution in [0, 0.1) is 40.5 Å². The zero-order chi connectivity index (χ0) is 28.4. The monoisotopic (exact) mass is 536 g/mol. The van der Waals surface area contributed by atoms with E-state index >= 15 is 0 Å². The molecule has 0 heterocycles. The van der Waals surface area contributed by atoms with Gasteiger partial charge < -0.3 is 14.6 Å². The van der Waals surface area contributed by atoms with E-state index in [1.54, 1.807) is 0 Å². The van der Waals surface area contributed by atoms with E-state index in [1.165, 1.54) is 30.3 Å². The smallest absolute Gasteiger partial charge is 0.339 e. The van der Waals surface area contributed by atoms with Crippen LogP contribution >= 0.6 is 0 Å². The summed E-state index contributed by atoms with van der Waals surface area (Å²) in [6.45, 7) is 0. The van der Waals surface area contributed by atoms with Crippen molar-refractivity contribution in [3.63, 3.8) is 0 Å². The number of benzene rings is 4. The van der Waals surface area contributed by atoms with Gasteiger partial charge in [-0.1, -0.05) is 6.07 Å². The van der Waals surface area contributed by atoms with Crippen LogP contribution in [0.3, 0.4) is 0 Å². The number of nitro groups is 4. The number of carboxylic acids is 1. The average molecular weight is 536 g/mol. The van der Waals surface area contributed by atoms with Crippen molar-refractivity contribution >= 4 is 39.5 Å². The summed E-state index contributed by atoms with van der Waals surface area (Å²) in [5, 5.41) is 55.1. The van der Waals surface area contributed by atoms with E-state index in [2.05, 4.69) is 0 Å². The van der Waals surface area contributed by atoms with Crippen LogP contribution in [0.2, 0.25) is 0 Å². The summed E-state index contributed by atoms with van der Waals surface area (Å²) < 4.78 is 11.0. The van der Waals surface area contributed by atoms with Crippen molar-refractivity contribution in [2.75, 3.05) is 0 Å². The molecule has 0 atom stereocenters. The molecule has 4 rings (SSSR count). The fourth-order valence-electron chi connectivity index (χ4n) is 3.51. The molecule has 0 unspecified atom stereocenters. The van der Waals surface area contributed by atoms with E-state index in [1.807, 2.05) is 0 Å². The number of carboxylic acid groups (broad SMARTS) is 1. The van der Waals surface area contributed by atoms with Crippen LogP contribution in [-0.4, -0.2) is 30.8 Å². The molecule has 16 nitrogen and oxygen atoms in total. The van der Waals surface area contributed by atoms with Crippen LogP contribution in [0.25, 0.3) is 10.8 Å². The number of fused-ring (bicyclic) bond motifs is 1. The van der Waals surface area contributed by atoms with E-state index in [-0.39, 0.29) is 22.6 Å². The second-order valence-corrected chi connectivity index (χ2v) is 7.70. The van der Waals surface area contributed by atoms with Crippen molar-refractivity contribution in [1.29, 1.82) is 0 Å². The first kappa shape index (κ1) is 25.9. The molecule has 0 saturated heterocycles. The van der Waals surface area contributed by atoms with Gasteiger partial charge in [-0.2, -0.15) is 0 Å². The van der Waals surface area contributed by atoms with E-state index in [9.17, 15) is 50.4 Å². The van der Waals surface area contributed by atoms with Gasteiger partial charge in [0.05, 0.1) is 31.8 Å². The molecule has 0 aromatic heterocycles. The molecule has 0 aliphatic heterocycles. The minimum atomic E-state index is -1.46. The van der Waals surface area contributed by atoms with E-state index < -0.39 is 59.7 Å². The maximum absolute atomic E-state index is 11.9. The lowest BCUT2D eigenvalue weighted by Crippen LogP contribution is -2.02. The largest absolute Gasteiger partial charge is 0.478 e. The molecule has 0 amide bonds. The minimum Gasteiger partial charge on any atom is -0.478 e. The van der Waals surface area contributed by atoms with Crippen LogP contribution in [0.1, 0.15) is 10.4 Å². The van der Waals surface area contributed by atoms with Crippen LogP contribution in [0.15, 0.2) is 66.7 Å². The topological polar surface area (TPSA) is 228 Å². The molecule has 1 N–H and O–H groups in total. The summed E-state index contributed by atoms with van der Waals surface area (Å²) >= 11 is 0. The minimum absolute atomic E-state index is 0.0375. The number of aromatic carboxylic acids is 1. The predicted molar refractivity (Wildman–Crippen MR) is 131 cm³/mol. The van der Waals surface area contributed by atoms with Gasteiger partial charge in [0.2, 0.25) is 11.5 Å². The Morgan fingerprint density at radius 1 is 0.590 bits per heavy atom. The third-order valence-electron chi connectivity index (χ3n) is 5.29. The normalized spacial score (nSPS) is 10.6. The number of ether oxygens (including phenoxy) is 2. The SMILES string of the molecule is O=C(O)c1cc2cc(Oc3ccc([N+](=O)[O-])cc3[N+](=O)[O-])ccc2cc1Oc1ccc([N+](=O)[O-])cc1[N+](=O)[O-]. The lowest BCUT2D eigenvalue weighted by atomic mass is 10.1. The third-order valence-corrected chi connectivity index (χ3v) is 5.29. The Kier molecular flexibility index (Phi) is 6.67. The number of nitro benzene ring substituents is 4.